The third-order valence-corrected chi connectivity index (χ3v) is 4.65. The molecule has 0 atom stereocenters. The van der Waals surface area contributed by atoms with Gasteiger partial charge >= 0.3 is 5.97 Å². The minimum absolute atomic E-state index is 0.146. The quantitative estimate of drug-likeness (QED) is 0.480. The molecule has 29 heavy (non-hydrogen) atoms. The van der Waals surface area contributed by atoms with E-state index in [-0.39, 0.29) is 18.0 Å². The highest BCUT2D eigenvalue weighted by molar-refractivity contribution is 6.14. The number of ether oxygens (including phenoxy) is 3. The minimum Gasteiger partial charge on any atom is -0.486 e. The summed E-state index contributed by atoms with van der Waals surface area (Å²) < 4.78 is 16.5. The van der Waals surface area contributed by atoms with E-state index >= 15 is 0 Å². The van der Waals surface area contributed by atoms with Gasteiger partial charge in [0.25, 0.3) is 0 Å². The number of carbonyl (C=O) groups is 2. The van der Waals surface area contributed by atoms with E-state index in [4.69, 9.17) is 14.2 Å². The highest BCUT2D eigenvalue weighted by Crippen LogP contribution is 2.31. The summed E-state index contributed by atoms with van der Waals surface area (Å²) in [5, 5.41) is 0. The largest absolute Gasteiger partial charge is 0.486 e. The second kappa shape index (κ2) is 8.19. The van der Waals surface area contributed by atoms with Gasteiger partial charge in [0.2, 0.25) is 0 Å². The van der Waals surface area contributed by atoms with Crippen LogP contribution in [0.2, 0.25) is 0 Å². The molecule has 5 heteroatoms. The van der Waals surface area contributed by atoms with Gasteiger partial charge in [0.05, 0.1) is 5.56 Å². The van der Waals surface area contributed by atoms with Gasteiger partial charge in [-0.1, -0.05) is 48.0 Å². The predicted molar refractivity (Wildman–Crippen MR) is 108 cm³/mol. The Morgan fingerprint density at radius 2 is 1.62 bits per heavy atom. The van der Waals surface area contributed by atoms with E-state index in [1.165, 1.54) is 0 Å². The number of benzene rings is 3. The fourth-order valence-corrected chi connectivity index (χ4v) is 3.23. The second-order valence-electron chi connectivity index (χ2n) is 6.80. The molecular weight excluding hydrogens is 368 g/mol. The van der Waals surface area contributed by atoms with E-state index in [0.717, 1.165) is 11.1 Å². The Bertz CT molecular complexity index is 1070. The van der Waals surface area contributed by atoms with Crippen LogP contribution in [0.4, 0.5) is 0 Å². The van der Waals surface area contributed by atoms with Gasteiger partial charge in [-0.05, 0) is 36.8 Å². The lowest BCUT2D eigenvalue weighted by Crippen LogP contribution is -2.16. The Balaban J connectivity index is 1.56. The maximum Gasteiger partial charge on any atom is 0.339 e. The number of fused-ring (bicyclic) bond motifs is 1. The lowest BCUT2D eigenvalue weighted by Gasteiger charge is -2.18. The first-order valence-electron chi connectivity index (χ1n) is 9.38. The van der Waals surface area contributed by atoms with Crippen LogP contribution in [-0.2, 0) is 11.3 Å². The highest BCUT2D eigenvalue weighted by atomic mass is 16.6. The first-order chi connectivity index (χ1) is 14.1. The molecule has 0 unspecified atom stereocenters. The Kier molecular flexibility index (Phi) is 5.29. The van der Waals surface area contributed by atoms with Crippen LogP contribution in [0.3, 0.4) is 0 Å². The van der Waals surface area contributed by atoms with Crippen LogP contribution in [0.5, 0.6) is 11.5 Å². The lowest BCUT2D eigenvalue weighted by atomic mass is 9.98. The molecule has 5 nitrogen and oxygen atoms in total. The molecule has 1 aliphatic rings. The average Bonchev–Trinajstić information content (AvgIpc) is 2.76. The molecule has 3 aromatic carbocycles. The number of hydrogen-bond acceptors (Lipinski definition) is 5. The molecule has 4 rings (SSSR count). The Hall–Kier alpha value is -3.60. The molecule has 146 valence electrons. The molecule has 0 saturated carbocycles. The molecule has 0 saturated heterocycles. The second-order valence-corrected chi connectivity index (χ2v) is 6.80. The van der Waals surface area contributed by atoms with Crippen molar-refractivity contribution in [2.45, 2.75) is 13.5 Å². The van der Waals surface area contributed by atoms with Crippen LogP contribution in [-0.4, -0.2) is 25.0 Å². The summed E-state index contributed by atoms with van der Waals surface area (Å²) in [6, 6.07) is 19.4. The smallest absolute Gasteiger partial charge is 0.339 e. The van der Waals surface area contributed by atoms with Crippen molar-refractivity contribution in [3.8, 4) is 11.5 Å². The SMILES string of the molecule is Cc1cccc(COC(=O)c2ccccc2C(=O)c2ccc3c(c2)OCCO3)c1. The van der Waals surface area contributed by atoms with E-state index in [9.17, 15) is 9.59 Å². The number of carbonyl (C=O) groups excluding carboxylic acids is 2. The standard InChI is InChI=1S/C24H20O5/c1-16-5-4-6-17(13-16)15-29-24(26)20-8-3-2-7-19(20)23(25)18-9-10-21-22(14-18)28-12-11-27-21/h2-10,13-14H,11-12,15H2,1H3. The monoisotopic (exact) mass is 388 g/mol. The Labute approximate surface area is 168 Å². The molecule has 3 aromatic rings. The summed E-state index contributed by atoms with van der Waals surface area (Å²) in [4.78, 5) is 25.7. The zero-order chi connectivity index (χ0) is 20.2. The fraction of sp³-hybridized carbons (Fsp3) is 0.167. The van der Waals surface area contributed by atoms with Crippen molar-refractivity contribution in [2.24, 2.45) is 0 Å². The van der Waals surface area contributed by atoms with Gasteiger partial charge in [0.15, 0.2) is 17.3 Å². The van der Waals surface area contributed by atoms with Gasteiger partial charge < -0.3 is 14.2 Å². The zero-order valence-corrected chi connectivity index (χ0v) is 16.0. The maximum atomic E-state index is 13.1. The molecular formula is C24H20O5. The number of hydrogen-bond donors (Lipinski definition) is 0. The topological polar surface area (TPSA) is 61.8 Å². The maximum absolute atomic E-state index is 13.1. The summed E-state index contributed by atoms with van der Waals surface area (Å²) in [7, 11) is 0. The number of esters is 1. The molecule has 0 radical (unpaired) electrons. The van der Waals surface area contributed by atoms with Gasteiger partial charge in [0, 0.05) is 11.1 Å². The van der Waals surface area contributed by atoms with E-state index in [1.54, 1.807) is 42.5 Å². The molecule has 0 fully saturated rings. The van der Waals surface area contributed by atoms with E-state index in [2.05, 4.69) is 0 Å². The van der Waals surface area contributed by atoms with Gasteiger partial charge in [-0.25, -0.2) is 4.79 Å². The van der Waals surface area contributed by atoms with Crippen molar-refractivity contribution >= 4 is 11.8 Å². The summed E-state index contributed by atoms with van der Waals surface area (Å²) in [6.07, 6.45) is 0. The van der Waals surface area contributed by atoms with Crippen LogP contribution in [0.25, 0.3) is 0 Å². The van der Waals surface area contributed by atoms with Crippen LogP contribution in [0, 0.1) is 6.92 Å². The van der Waals surface area contributed by atoms with E-state index in [0.29, 0.717) is 35.8 Å². The van der Waals surface area contributed by atoms with Crippen LogP contribution in [0.15, 0.2) is 66.7 Å². The summed E-state index contributed by atoms with van der Waals surface area (Å²) in [6.45, 7) is 3.04. The van der Waals surface area contributed by atoms with E-state index in [1.807, 2.05) is 31.2 Å². The third-order valence-electron chi connectivity index (χ3n) is 4.65. The van der Waals surface area contributed by atoms with Crippen molar-refractivity contribution in [1.82, 2.24) is 0 Å². The van der Waals surface area contributed by atoms with Crippen molar-refractivity contribution in [2.75, 3.05) is 13.2 Å². The predicted octanol–water partition coefficient (Wildman–Crippen LogP) is 4.35. The molecule has 0 spiro atoms. The van der Waals surface area contributed by atoms with Crippen LogP contribution >= 0.6 is 0 Å². The average molecular weight is 388 g/mol. The molecule has 0 aliphatic carbocycles. The van der Waals surface area contributed by atoms with Gasteiger partial charge in [-0.3, -0.25) is 4.79 Å². The molecule has 0 aromatic heterocycles. The number of rotatable bonds is 5. The molecule has 1 aliphatic heterocycles. The van der Waals surface area contributed by atoms with Gasteiger partial charge in [-0.15, -0.1) is 0 Å². The third kappa shape index (κ3) is 4.14. The normalized spacial score (nSPS) is 12.3. The van der Waals surface area contributed by atoms with Crippen molar-refractivity contribution in [1.29, 1.82) is 0 Å². The van der Waals surface area contributed by atoms with Gasteiger partial charge in [-0.2, -0.15) is 0 Å². The fourth-order valence-electron chi connectivity index (χ4n) is 3.23. The zero-order valence-electron chi connectivity index (χ0n) is 16.0. The van der Waals surface area contributed by atoms with Crippen molar-refractivity contribution in [3.05, 3.63) is 94.5 Å². The summed E-state index contributed by atoms with van der Waals surface area (Å²) in [5.74, 6) is 0.332. The molecule has 1 heterocycles. The summed E-state index contributed by atoms with van der Waals surface area (Å²) in [5.41, 5.74) is 2.94. The number of ketones is 1. The number of aryl methyl sites for hydroxylation is 1. The first-order valence-corrected chi connectivity index (χ1v) is 9.38. The Morgan fingerprint density at radius 3 is 2.41 bits per heavy atom. The lowest BCUT2D eigenvalue weighted by molar-refractivity contribution is 0.0470. The first kappa shape index (κ1) is 18.7. The Morgan fingerprint density at radius 1 is 0.862 bits per heavy atom. The van der Waals surface area contributed by atoms with Crippen molar-refractivity contribution in [3.63, 3.8) is 0 Å². The molecule has 0 amide bonds. The van der Waals surface area contributed by atoms with E-state index < -0.39 is 5.97 Å². The summed E-state index contributed by atoms with van der Waals surface area (Å²) >= 11 is 0. The van der Waals surface area contributed by atoms with Gasteiger partial charge in [0.1, 0.15) is 19.8 Å². The van der Waals surface area contributed by atoms with Crippen LogP contribution < -0.4 is 9.47 Å². The minimum atomic E-state index is -0.534. The molecule has 0 N–H and O–H groups in total. The molecule has 0 bridgehead atoms. The van der Waals surface area contributed by atoms with Crippen molar-refractivity contribution < 1.29 is 23.8 Å². The van der Waals surface area contributed by atoms with Crippen LogP contribution in [0.1, 0.15) is 37.4 Å². The highest BCUT2D eigenvalue weighted by Gasteiger charge is 2.21.